The van der Waals surface area contributed by atoms with Crippen LogP contribution in [0.25, 0.3) is 16.7 Å². The second-order valence-electron chi connectivity index (χ2n) is 5.43. The molecule has 0 fully saturated rings. The number of benzene rings is 2. The highest BCUT2D eigenvalue weighted by Gasteiger charge is 2.02. The molecule has 2 aromatic carbocycles. The Kier molecular flexibility index (Phi) is 3.55. The molecule has 0 radical (unpaired) electrons. The first-order valence-corrected chi connectivity index (χ1v) is 7.63. The van der Waals surface area contributed by atoms with Crippen LogP contribution in [0.1, 0.15) is 12.5 Å². The van der Waals surface area contributed by atoms with Crippen molar-refractivity contribution in [3.05, 3.63) is 72.8 Å². The third-order valence-electron chi connectivity index (χ3n) is 3.81. The van der Waals surface area contributed by atoms with Gasteiger partial charge in [-0.15, -0.1) is 0 Å². The fraction of sp³-hybridized carbons (Fsp3) is 0.0556. The van der Waals surface area contributed by atoms with Gasteiger partial charge in [0, 0.05) is 18.1 Å². The number of rotatable bonds is 4. The molecule has 2 N–H and O–H groups in total. The van der Waals surface area contributed by atoms with E-state index in [2.05, 4.69) is 25.5 Å². The van der Waals surface area contributed by atoms with Gasteiger partial charge in [0.15, 0.2) is 0 Å². The number of para-hydroxylation sites is 2. The highest BCUT2D eigenvalue weighted by Crippen LogP contribution is 2.14. The van der Waals surface area contributed by atoms with Gasteiger partial charge in [0.1, 0.15) is 0 Å². The van der Waals surface area contributed by atoms with E-state index in [-0.39, 0.29) is 0 Å². The molecule has 2 aromatic heterocycles. The maximum atomic E-state index is 4.44. The highest BCUT2D eigenvalue weighted by molar-refractivity contribution is 5.99. The number of hydrazone groups is 1. The number of fused-ring (bicyclic) bond motifs is 1. The van der Waals surface area contributed by atoms with Gasteiger partial charge in [-0.05, 0) is 36.8 Å². The Morgan fingerprint density at radius 3 is 2.71 bits per heavy atom. The average molecular weight is 316 g/mol. The van der Waals surface area contributed by atoms with Gasteiger partial charge in [0.05, 0.1) is 23.1 Å². The third kappa shape index (κ3) is 2.77. The van der Waals surface area contributed by atoms with Gasteiger partial charge in [-0.1, -0.05) is 24.3 Å². The van der Waals surface area contributed by atoms with Gasteiger partial charge >= 0.3 is 0 Å². The molecule has 4 rings (SSSR count). The van der Waals surface area contributed by atoms with Crippen LogP contribution in [0.4, 0.5) is 5.95 Å². The molecule has 6 heteroatoms. The molecule has 118 valence electrons. The minimum Gasteiger partial charge on any atom is -0.323 e. The van der Waals surface area contributed by atoms with Gasteiger partial charge in [0.25, 0.3) is 0 Å². The lowest BCUT2D eigenvalue weighted by Crippen LogP contribution is -2.01. The van der Waals surface area contributed by atoms with Crippen molar-refractivity contribution in [3.63, 3.8) is 0 Å². The second kappa shape index (κ2) is 6.00. The van der Waals surface area contributed by atoms with Gasteiger partial charge in [-0.3, -0.25) is 0 Å². The highest BCUT2D eigenvalue weighted by atomic mass is 15.4. The van der Waals surface area contributed by atoms with E-state index in [0.717, 1.165) is 28.0 Å². The molecule has 0 spiro atoms. The summed E-state index contributed by atoms with van der Waals surface area (Å²) in [6.07, 6.45) is 5.45. The van der Waals surface area contributed by atoms with E-state index in [0.29, 0.717) is 5.95 Å². The van der Waals surface area contributed by atoms with Crippen molar-refractivity contribution in [1.29, 1.82) is 0 Å². The van der Waals surface area contributed by atoms with Crippen LogP contribution >= 0.6 is 0 Å². The summed E-state index contributed by atoms with van der Waals surface area (Å²) in [5.74, 6) is 0.630. The van der Waals surface area contributed by atoms with Crippen molar-refractivity contribution < 1.29 is 0 Å². The zero-order chi connectivity index (χ0) is 16.4. The smallest absolute Gasteiger partial charge is 0.222 e. The van der Waals surface area contributed by atoms with Crippen LogP contribution in [-0.4, -0.2) is 25.2 Å². The van der Waals surface area contributed by atoms with Crippen LogP contribution < -0.4 is 5.43 Å². The van der Waals surface area contributed by atoms with E-state index < -0.39 is 0 Å². The molecule has 2 heterocycles. The number of anilines is 1. The fourth-order valence-corrected chi connectivity index (χ4v) is 2.49. The van der Waals surface area contributed by atoms with E-state index >= 15 is 0 Å². The van der Waals surface area contributed by atoms with Crippen molar-refractivity contribution in [3.8, 4) is 5.69 Å². The lowest BCUT2D eigenvalue weighted by atomic mass is 10.1. The van der Waals surface area contributed by atoms with Crippen LogP contribution in [0.15, 0.2) is 72.4 Å². The van der Waals surface area contributed by atoms with Gasteiger partial charge in [0.2, 0.25) is 5.95 Å². The maximum absolute atomic E-state index is 4.44. The number of imidazole rings is 2. The largest absolute Gasteiger partial charge is 0.323 e. The maximum Gasteiger partial charge on any atom is 0.222 e. The summed E-state index contributed by atoms with van der Waals surface area (Å²) >= 11 is 0. The number of hydrogen-bond donors (Lipinski definition) is 2. The Morgan fingerprint density at radius 2 is 1.96 bits per heavy atom. The fourth-order valence-electron chi connectivity index (χ4n) is 2.49. The number of nitrogens with one attached hydrogen (secondary N) is 2. The monoisotopic (exact) mass is 316 g/mol. The summed E-state index contributed by atoms with van der Waals surface area (Å²) in [5, 5.41) is 4.41. The number of H-pyrrole nitrogens is 1. The molecule has 0 amide bonds. The number of aromatic amines is 1. The Morgan fingerprint density at radius 1 is 1.12 bits per heavy atom. The molecule has 0 saturated carbocycles. The predicted molar refractivity (Wildman–Crippen MR) is 95.5 cm³/mol. The first-order valence-electron chi connectivity index (χ1n) is 7.63. The molecule has 24 heavy (non-hydrogen) atoms. The van der Waals surface area contributed by atoms with Crippen molar-refractivity contribution in [2.75, 3.05) is 5.43 Å². The van der Waals surface area contributed by atoms with Crippen molar-refractivity contribution in [1.82, 2.24) is 19.5 Å². The SMILES string of the molecule is C/C(=N/Nc1nc2ccccc2[nH]1)c1ccc(-n2ccnc2)cc1. The summed E-state index contributed by atoms with van der Waals surface area (Å²) in [6.45, 7) is 1.96. The van der Waals surface area contributed by atoms with Crippen LogP contribution in [-0.2, 0) is 0 Å². The number of aromatic nitrogens is 4. The second-order valence-corrected chi connectivity index (χ2v) is 5.43. The molecule has 0 saturated heterocycles. The van der Waals surface area contributed by atoms with Crippen molar-refractivity contribution in [2.45, 2.75) is 6.92 Å². The molecular weight excluding hydrogens is 300 g/mol. The normalized spacial score (nSPS) is 11.8. The summed E-state index contributed by atoms with van der Waals surface area (Å²) in [6, 6.07) is 16.0. The van der Waals surface area contributed by atoms with E-state index in [1.165, 1.54) is 0 Å². The zero-order valence-electron chi connectivity index (χ0n) is 13.1. The molecule has 4 aromatic rings. The lowest BCUT2D eigenvalue weighted by Gasteiger charge is -2.05. The van der Waals surface area contributed by atoms with Crippen molar-refractivity contribution >= 4 is 22.7 Å². The quantitative estimate of drug-likeness (QED) is 0.446. The van der Waals surface area contributed by atoms with Crippen LogP contribution in [0, 0.1) is 0 Å². The zero-order valence-corrected chi connectivity index (χ0v) is 13.1. The minimum absolute atomic E-state index is 0.630. The molecule has 0 aliphatic carbocycles. The topological polar surface area (TPSA) is 70.9 Å². The standard InChI is InChI=1S/C18H16N6/c1-13(14-6-8-15(9-7-14)24-11-10-19-12-24)22-23-18-20-16-4-2-3-5-17(16)21-18/h2-12H,1H3,(H2,20,21,23)/b22-13-. The Bertz CT molecular complexity index is 947. The number of nitrogens with zero attached hydrogens (tertiary/aromatic N) is 4. The third-order valence-corrected chi connectivity index (χ3v) is 3.81. The summed E-state index contributed by atoms with van der Waals surface area (Å²) in [7, 11) is 0. The first kappa shape index (κ1) is 14.2. The Labute approximate surface area is 138 Å². The van der Waals surface area contributed by atoms with Crippen LogP contribution in [0.5, 0.6) is 0 Å². The molecule has 0 aliphatic rings. The minimum atomic E-state index is 0.630. The lowest BCUT2D eigenvalue weighted by molar-refractivity contribution is 1.06. The Balaban J connectivity index is 1.52. The van der Waals surface area contributed by atoms with E-state index in [1.54, 1.807) is 12.5 Å². The van der Waals surface area contributed by atoms with Gasteiger partial charge < -0.3 is 9.55 Å². The molecule has 6 nitrogen and oxygen atoms in total. The average Bonchev–Trinajstić information content (AvgIpc) is 3.29. The number of hydrogen-bond acceptors (Lipinski definition) is 4. The van der Waals surface area contributed by atoms with E-state index in [1.807, 2.05) is 66.2 Å². The predicted octanol–water partition coefficient (Wildman–Crippen LogP) is 3.58. The summed E-state index contributed by atoms with van der Waals surface area (Å²) < 4.78 is 1.96. The molecule has 0 bridgehead atoms. The molecule has 0 atom stereocenters. The molecule has 0 unspecified atom stereocenters. The van der Waals surface area contributed by atoms with E-state index in [4.69, 9.17) is 0 Å². The first-order chi connectivity index (χ1) is 11.8. The van der Waals surface area contributed by atoms with Gasteiger partial charge in [-0.2, -0.15) is 5.10 Å². The molecule has 0 aliphatic heterocycles. The van der Waals surface area contributed by atoms with E-state index in [9.17, 15) is 0 Å². The summed E-state index contributed by atoms with van der Waals surface area (Å²) in [4.78, 5) is 11.7. The molecular formula is C18H16N6. The summed E-state index contributed by atoms with van der Waals surface area (Å²) in [5.41, 5.74) is 7.87. The van der Waals surface area contributed by atoms with Crippen molar-refractivity contribution in [2.24, 2.45) is 5.10 Å². The van der Waals surface area contributed by atoms with Crippen LogP contribution in [0.2, 0.25) is 0 Å². The van der Waals surface area contributed by atoms with Crippen LogP contribution in [0.3, 0.4) is 0 Å². The van der Waals surface area contributed by atoms with Gasteiger partial charge in [-0.25, -0.2) is 15.4 Å². The Hall–Kier alpha value is -3.41.